The molecule has 0 atom stereocenters. The van der Waals surface area contributed by atoms with Crippen LogP contribution in [-0.2, 0) is 4.74 Å². The van der Waals surface area contributed by atoms with Crippen LogP contribution in [-0.4, -0.2) is 25.2 Å². The van der Waals surface area contributed by atoms with Crippen molar-refractivity contribution in [3.63, 3.8) is 0 Å². The summed E-state index contributed by atoms with van der Waals surface area (Å²) in [7, 11) is 0. The van der Waals surface area contributed by atoms with Gasteiger partial charge in [-0.25, -0.2) is 9.59 Å². The van der Waals surface area contributed by atoms with E-state index >= 15 is 0 Å². The lowest BCUT2D eigenvalue weighted by atomic mass is 10.2. The molecule has 26 heavy (non-hydrogen) atoms. The molecule has 138 valence electrons. The van der Waals surface area contributed by atoms with Crippen molar-refractivity contribution in [2.45, 2.75) is 26.7 Å². The minimum atomic E-state index is -0.492. The van der Waals surface area contributed by atoms with Gasteiger partial charge < -0.3 is 14.2 Å². The molecule has 0 spiro atoms. The van der Waals surface area contributed by atoms with Gasteiger partial charge in [-0.2, -0.15) is 0 Å². The largest absolute Gasteiger partial charge is 0.492 e. The van der Waals surface area contributed by atoms with Crippen molar-refractivity contribution in [2.75, 3.05) is 13.2 Å². The standard InChI is InChI=1S/C20H21BrO5/c1-3-11-24-18-10-7-15(13-17(18)21)20(23)26-16-8-5-14(6-9-16)19(22)25-12-4-2/h5-10,13H,3-4,11-12H2,1-2H3. The summed E-state index contributed by atoms with van der Waals surface area (Å²) >= 11 is 3.39. The molecule has 0 N–H and O–H groups in total. The Morgan fingerprint density at radius 1 is 0.885 bits per heavy atom. The van der Waals surface area contributed by atoms with Crippen LogP contribution in [0.2, 0.25) is 0 Å². The van der Waals surface area contributed by atoms with Gasteiger partial charge in [-0.05, 0) is 71.2 Å². The highest BCUT2D eigenvalue weighted by Gasteiger charge is 2.13. The summed E-state index contributed by atoms with van der Waals surface area (Å²) in [6, 6.07) is 11.3. The number of benzene rings is 2. The van der Waals surface area contributed by atoms with Gasteiger partial charge in [0.15, 0.2) is 0 Å². The highest BCUT2D eigenvalue weighted by Crippen LogP contribution is 2.27. The number of esters is 2. The zero-order chi connectivity index (χ0) is 18.9. The third-order valence-electron chi connectivity index (χ3n) is 3.37. The van der Waals surface area contributed by atoms with E-state index in [1.165, 1.54) is 0 Å². The lowest BCUT2D eigenvalue weighted by molar-refractivity contribution is 0.0505. The minimum Gasteiger partial charge on any atom is -0.492 e. The fraction of sp³-hybridized carbons (Fsp3) is 0.300. The van der Waals surface area contributed by atoms with E-state index in [4.69, 9.17) is 14.2 Å². The minimum absolute atomic E-state index is 0.351. The van der Waals surface area contributed by atoms with E-state index in [2.05, 4.69) is 15.9 Å². The molecule has 0 aromatic heterocycles. The van der Waals surface area contributed by atoms with Gasteiger partial charge in [-0.15, -0.1) is 0 Å². The Balaban J connectivity index is 2.01. The van der Waals surface area contributed by atoms with Gasteiger partial charge in [-0.1, -0.05) is 13.8 Å². The molecular weight excluding hydrogens is 400 g/mol. The summed E-state index contributed by atoms with van der Waals surface area (Å²) < 4.78 is 16.6. The number of hydrogen-bond acceptors (Lipinski definition) is 5. The second kappa shape index (κ2) is 9.97. The molecule has 0 aliphatic heterocycles. The Bertz CT molecular complexity index is 755. The molecule has 0 amide bonds. The van der Waals surface area contributed by atoms with Crippen molar-refractivity contribution in [3.8, 4) is 11.5 Å². The normalized spacial score (nSPS) is 10.3. The highest BCUT2D eigenvalue weighted by atomic mass is 79.9. The van der Waals surface area contributed by atoms with Crippen LogP contribution in [0.25, 0.3) is 0 Å². The van der Waals surface area contributed by atoms with Crippen LogP contribution in [0.5, 0.6) is 11.5 Å². The molecule has 0 bridgehead atoms. The van der Waals surface area contributed by atoms with Crippen LogP contribution in [0.3, 0.4) is 0 Å². The van der Waals surface area contributed by atoms with Gasteiger partial charge in [0.25, 0.3) is 0 Å². The zero-order valence-corrected chi connectivity index (χ0v) is 16.4. The topological polar surface area (TPSA) is 61.8 Å². The van der Waals surface area contributed by atoms with Gasteiger partial charge in [0.2, 0.25) is 0 Å². The molecule has 5 nitrogen and oxygen atoms in total. The average Bonchev–Trinajstić information content (AvgIpc) is 2.65. The smallest absolute Gasteiger partial charge is 0.343 e. The van der Waals surface area contributed by atoms with Crippen LogP contribution in [0, 0.1) is 0 Å². The maximum absolute atomic E-state index is 12.3. The summed E-state index contributed by atoms with van der Waals surface area (Å²) in [4.78, 5) is 24.0. The third-order valence-corrected chi connectivity index (χ3v) is 3.99. The predicted octanol–water partition coefficient (Wildman–Crippen LogP) is 5.02. The fourth-order valence-corrected chi connectivity index (χ4v) is 2.55. The first-order valence-corrected chi connectivity index (χ1v) is 9.26. The fourth-order valence-electron chi connectivity index (χ4n) is 2.06. The van der Waals surface area contributed by atoms with Gasteiger partial charge in [-0.3, -0.25) is 0 Å². The van der Waals surface area contributed by atoms with E-state index in [-0.39, 0.29) is 0 Å². The Labute approximate surface area is 161 Å². The first kappa shape index (κ1) is 20.0. The first-order valence-electron chi connectivity index (χ1n) is 8.46. The molecule has 0 radical (unpaired) electrons. The Morgan fingerprint density at radius 3 is 2.15 bits per heavy atom. The summed E-state index contributed by atoms with van der Waals surface area (Å²) in [5.74, 6) is 0.146. The van der Waals surface area contributed by atoms with Crippen molar-refractivity contribution in [2.24, 2.45) is 0 Å². The second-order valence-corrected chi connectivity index (χ2v) is 6.40. The number of ether oxygens (including phenoxy) is 3. The maximum atomic E-state index is 12.3. The maximum Gasteiger partial charge on any atom is 0.343 e. The van der Waals surface area contributed by atoms with Gasteiger partial charge in [0, 0.05) is 0 Å². The van der Waals surface area contributed by atoms with E-state index in [1.807, 2.05) is 13.8 Å². The highest BCUT2D eigenvalue weighted by molar-refractivity contribution is 9.10. The van der Waals surface area contributed by atoms with Crippen molar-refractivity contribution in [3.05, 3.63) is 58.1 Å². The lowest BCUT2D eigenvalue weighted by Gasteiger charge is -2.09. The van der Waals surface area contributed by atoms with Crippen LogP contribution in [0.4, 0.5) is 0 Å². The summed E-state index contributed by atoms with van der Waals surface area (Å²) in [6.45, 7) is 4.93. The monoisotopic (exact) mass is 420 g/mol. The molecule has 0 saturated heterocycles. The predicted molar refractivity (Wildman–Crippen MR) is 102 cm³/mol. The molecule has 2 aromatic carbocycles. The molecule has 0 heterocycles. The molecule has 0 fully saturated rings. The summed E-state index contributed by atoms with van der Waals surface area (Å²) in [5, 5.41) is 0. The summed E-state index contributed by atoms with van der Waals surface area (Å²) in [5.41, 5.74) is 0.811. The van der Waals surface area contributed by atoms with Crippen LogP contribution in [0.1, 0.15) is 47.4 Å². The average molecular weight is 421 g/mol. The summed E-state index contributed by atoms with van der Waals surface area (Å²) in [6.07, 6.45) is 1.66. The van der Waals surface area contributed by atoms with Crippen LogP contribution < -0.4 is 9.47 Å². The third kappa shape index (κ3) is 5.59. The number of halogens is 1. The molecular formula is C20H21BrO5. The molecule has 2 aromatic rings. The number of hydrogen-bond donors (Lipinski definition) is 0. The van der Waals surface area contributed by atoms with Crippen molar-refractivity contribution >= 4 is 27.9 Å². The van der Waals surface area contributed by atoms with Crippen molar-refractivity contribution in [1.82, 2.24) is 0 Å². The first-order chi connectivity index (χ1) is 12.5. The van der Waals surface area contributed by atoms with E-state index in [9.17, 15) is 9.59 Å². The van der Waals surface area contributed by atoms with E-state index in [0.29, 0.717) is 40.3 Å². The molecule has 0 saturated carbocycles. The van der Waals surface area contributed by atoms with Crippen molar-refractivity contribution < 1.29 is 23.8 Å². The van der Waals surface area contributed by atoms with E-state index in [1.54, 1.807) is 42.5 Å². The molecule has 0 aliphatic carbocycles. The molecule has 2 rings (SSSR count). The quantitative estimate of drug-likeness (QED) is 0.442. The zero-order valence-electron chi connectivity index (χ0n) is 14.8. The Hall–Kier alpha value is -2.34. The number of rotatable bonds is 8. The van der Waals surface area contributed by atoms with E-state index < -0.39 is 11.9 Å². The second-order valence-electron chi connectivity index (χ2n) is 5.54. The van der Waals surface area contributed by atoms with Crippen LogP contribution in [0.15, 0.2) is 46.9 Å². The lowest BCUT2D eigenvalue weighted by Crippen LogP contribution is -2.09. The van der Waals surface area contributed by atoms with Gasteiger partial charge >= 0.3 is 11.9 Å². The molecule has 0 unspecified atom stereocenters. The Kier molecular flexibility index (Phi) is 7.66. The SMILES string of the molecule is CCCOC(=O)c1ccc(OC(=O)c2ccc(OCCC)c(Br)c2)cc1. The molecule has 6 heteroatoms. The number of carbonyl (C=O) groups excluding carboxylic acids is 2. The Morgan fingerprint density at radius 2 is 1.54 bits per heavy atom. The van der Waals surface area contributed by atoms with Gasteiger partial charge in [0.1, 0.15) is 11.5 Å². The van der Waals surface area contributed by atoms with Crippen LogP contribution >= 0.6 is 15.9 Å². The van der Waals surface area contributed by atoms with Gasteiger partial charge in [0.05, 0.1) is 28.8 Å². The number of carbonyl (C=O) groups is 2. The molecule has 0 aliphatic rings. The van der Waals surface area contributed by atoms with Crippen molar-refractivity contribution in [1.29, 1.82) is 0 Å². The van der Waals surface area contributed by atoms with E-state index in [0.717, 1.165) is 12.8 Å².